The van der Waals surface area contributed by atoms with Crippen molar-refractivity contribution in [1.29, 1.82) is 0 Å². The van der Waals surface area contributed by atoms with E-state index in [1.165, 1.54) is 26.2 Å². The molecule has 10 heteroatoms. The van der Waals surface area contributed by atoms with Crippen molar-refractivity contribution in [1.82, 2.24) is 5.32 Å². The van der Waals surface area contributed by atoms with Crippen molar-refractivity contribution in [3.05, 3.63) is 39.6 Å². The number of aliphatic imine (C=N–C) groups is 1. The molecule has 0 spiro atoms. The highest BCUT2D eigenvalue weighted by Gasteiger charge is 2.16. The van der Waals surface area contributed by atoms with Gasteiger partial charge in [0.1, 0.15) is 17.2 Å². The molecule has 10 nitrogen and oxygen atoms in total. The van der Waals surface area contributed by atoms with Gasteiger partial charge < -0.3 is 14.6 Å². The maximum Gasteiger partial charge on any atom is 0.414 e. The van der Waals surface area contributed by atoms with Gasteiger partial charge in [0.25, 0.3) is 11.6 Å². The second-order valence-corrected chi connectivity index (χ2v) is 4.55. The maximum atomic E-state index is 12.0. The largest absolute Gasteiger partial charge is 0.512 e. The van der Waals surface area contributed by atoms with Crippen molar-refractivity contribution in [2.45, 2.75) is 13.8 Å². The number of nitrogens with one attached hydrogen (secondary N) is 1. The normalized spacial score (nSPS) is 11.6. The number of allylic oxidation sites excluding steroid dienone is 1. The van der Waals surface area contributed by atoms with Crippen LogP contribution >= 0.6 is 0 Å². The lowest BCUT2D eigenvalue weighted by Crippen LogP contribution is -2.33. The summed E-state index contributed by atoms with van der Waals surface area (Å²) in [6, 6.07) is 3.72. The highest BCUT2D eigenvalue weighted by Crippen LogP contribution is 2.31. The number of alkyl carbamates (subject to hydrolysis) is 1. The van der Waals surface area contributed by atoms with Crippen LogP contribution in [0.4, 0.5) is 16.2 Å². The van der Waals surface area contributed by atoms with Gasteiger partial charge in [-0.1, -0.05) is 0 Å². The van der Waals surface area contributed by atoms with E-state index in [0.29, 0.717) is 0 Å². The number of carbonyl (C=O) groups is 2. The summed E-state index contributed by atoms with van der Waals surface area (Å²) in [4.78, 5) is 37.4. The highest BCUT2D eigenvalue weighted by molar-refractivity contribution is 6.16. The Balaban J connectivity index is 3.13. The molecule has 1 rings (SSSR count). The molecule has 0 saturated heterocycles. The average molecular weight is 351 g/mol. The van der Waals surface area contributed by atoms with Gasteiger partial charge in [-0.25, -0.2) is 4.79 Å². The molecule has 25 heavy (non-hydrogen) atoms. The minimum Gasteiger partial charge on any atom is -0.512 e. The smallest absolute Gasteiger partial charge is 0.414 e. The SMILES string of the molecule is CCOC(=O)NC(=O)/C(C=Nc1cc([N+](=O)[O-])ccc1OC)=C(\C)O. The van der Waals surface area contributed by atoms with Crippen molar-refractivity contribution >= 4 is 29.6 Å². The molecule has 0 saturated carbocycles. The fourth-order valence-electron chi connectivity index (χ4n) is 1.67. The van der Waals surface area contributed by atoms with Crippen LogP contribution in [0.2, 0.25) is 0 Å². The molecule has 0 fully saturated rings. The number of nitro benzene ring substituents is 1. The number of hydrogen-bond donors (Lipinski definition) is 2. The van der Waals surface area contributed by atoms with Crippen molar-refractivity contribution in [3.8, 4) is 5.75 Å². The summed E-state index contributed by atoms with van der Waals surface area (Å²) >= 11 is 0. The second-order valence-electron chi connectivity index (χ2n) is 4.55. The van der Waals surface area contributed by atoms with Crippen LogP contribution in [-0.2, 0) is 9.53 Å². The molecule has 0 radical (unpaired) electrons. The molecule has 0 aromatic heterocycles. The molecule has 0 aliphatic heterocycles. The molecule has 0 atom stereocenters. The summed E-state index contributed by atoms with van der Waals surface area (Å²) in [7, 11) is 1.35. The predicted octanol–water partition coefficient (Wildman–Crippen LogP) is 2.41. The Morgan fingerprint density at radius 2 is 2.12 bits per heavy atom. The summed E-state index contributed by atoms with van der Waals surface area (Å²) in [5.74, 6) is -1.12. The van der Waals surface area contributed by atoms with Gasteiger partial charge in [0.15, 0.2) is 0 Å². The molecule has 1 aromatic rings. The molecule has 2 amide bonds. The van der Waals surface area contributed by atoms with Gasteiger partial charge in [-0.3, -0.25) is 25.2 Å². The molecule has 0 bridgehead atoms. The van der Waals surface area contributed by atoms with Crippen LogP contribution in [0.5, 0.6) is 5.75 Å². The van der Waals surface area contributed by atoms with E-state index in [0.717, 1.165) is 12.3 Å². The van der Waals surface area contributed by atoms with Gasteiger partial charge >= 0.3 is 6.09 Å². The van der Waals surface area contributed by atoms with E-state index in [1.54, 1.807) is 6.92 Å². The Labute approximate surface area is 142 Å². The number of nitro groups is 1. The van der Waals surface area contributed by atoms with Crippen LogP contribution in [0.3, 0.4) is 0 Å². The third-order valence-electron chi connectivity index (χ3n) is 2.83. The predicted molar refractivity (Wildman–Crippen MR) is 88.3 cm³/mol. The molecule has 0 aliphatic carbocycles. The zero-order valence-corrected chi connectivity index (χ0v) is 13.8. The lowest BCUT2D eigenvalue weighted by molar-refractivity contribution is -0.384. The quantitative estimate of drug-likeness (QED) is 0.263. The lowest BCUT2D eigenvalue weighted by atomic mass is 10.2. The third kappa shape index (κ3) is 5.61. The van der Waals surface area contributed by atoms with E-state index >= 15 is 0 Å². The van der Waals surface area contributed by atoms with E-state index < -0.39 is 22.7 Å². The Morgan fingerprint density at radius 1 is 1.44 bits per heavy atom. The Bertz CT molecular complexity index is 737. The Kier molecular flexibility index (Phi) is 7.07. The van der Waals surface area contributed by atoms with E-state index in [2.05, 4.69) is 9.73 Å². The van der Waals surface area contributed by atoms with Crippen LogP contribution in [-0.4, -0.2) is 42.0 Å². The zero-order chi connectivity index (χ0) is 19.0. The van der Waals surface area contributed by atoms with Crippen LogP contribution in [0.15, 0.2) is 34.5 Å². The lowest BCUT2D eigenvalue weighted by Gasteiger charge is -2.06. The van der Waals surface area contributed by atoms with Crippen LogP contribution in [0.25, 0.3) is 0 Å². The van der Waals surface area contributed by atoms with E-state index in [4.69, 9.17) is 4.74 Å². The van der Waals surface area contributed by atoms with Crippen molar-refractivity contribution < 1.29 is 29.1 Å². The number of non-ortho nitro benzene ring substituents is 1. The van der Waals surface area contributed by atoms with Gasteiger partial charge in [-0.05, 0) is 19.9 Å². The number of rotatable bonds is 6. The zero-order valence-electron chi connectivity index (χ0n) is 13.8. The number of hydrogen-bond acceptors (Lipinski definition) is 8. The summed E-state index contributed by atoms with van der Waals surface area (Å²) in [6.45, 7) is 2.85. The molecule has 0 unspecified atom stereocenters. The van der Waals surface area contributed by atoms with Gasteiger partial charge in [-0.2, -0.15) is 0 Å². The van der Waals surface area contributed by atoms with E-state index in [-0.39, 0.29) is 29.3 Å². The fourth-order valence-corrected chi connectivity index (χ4v) is 1.67. The molecule has 0 heterocycles. The number of aliphatic hydroxyl groups excluding tert-OH is 1. The number of carbonyl (C=O) groups excluding carboxylic acids is 2. The molecule has 134 valence electrons. The van der Waals surface area contributed by atoms with Gasteiger partial charge in [-0.15, -0.1) is 0 Å². The van der Waals surface area contributed by atoms with Gasteiger partial charge in [0.2, 0.25) is 0 Å². The number of ether oxygens (including phenoxy) is 2. The molecule has 1 aromatic carbocycles. The van der Waals surface area contributed by atoms with Gasteiger partial charge in [0, 0.05) is 18.3 Å². The van der Waals surface area contributed by atoms with Crippen molar-refractivity contribution in [3.63, 3.8) is 0 Å². The minimum absolute atomic E-state index is 0.0647. The summed E-state index contributed by atoms with van der Waals surface area (Å²) < 4.78 is 9.61. The van der Waals surface area contributed by atoms with E-state index in [9.17, 15) is 24.8 Å². The first-order valence-electron chi connectivity index (χ1n) is 7.04. The molecule has 2 N–H and O–H groups in total. The Hall–Kier alpha value is -3.43. The van der Waals surface area contributed by atoms with Crippen molar-refractivity contribution in [2.24, 2.45) is 4.99 Å². The third-order valence-corrected chi connectivity index (χ3v) is 2.83. The number of amides is 2. The average Bonchev–Trinajstić information content (AvgIpc) is 2.54. The number of aliphatic hydroxyl groups is 1. The standard InChI is InChI=1S/C15H17N3O7/c1-4-25-15(21)17-14(20)11(9(2)19)8-16-12-7-10(18(22)23)5-6-13(12)24-3/h5-8,19H,4H2,1-3H3,(H,17,20,21)/b11-9+,16-8?. The molecule has 0 aliphatic rings. The van der Waals surface area contributed by atoms with E-state index in [1.807, 2.05) is 5.32 Å². The maximum absolute atomic E-state index is 12.0. The monoisotopic (exact) mass is 351 g/mol. The van der Waals surface area contributed by atoms with Gasteiger partial charge in [0.05, 0.1) is 24.2 Å². The van der Waals surface area contributed by atoms with Crippen LogP contribution in [0, 0.1) is 10.1 Å². The highest BCUT2D eigenvalue weighted by atomic mass is 16.6. The van der Waals surface area contributed by atoms with Crippen LogP contribution in [0.1, 0.15) is 13.8 Å². The minimum atomic E-state index is -0.979. The fraction of sp³-hybridized carbons (Fsp3) is 0.267. The van der Waals surface area contributed by atoms with Crippen molar-refractivity contribution in [2.75, 3.05) is 13.7 Å². The first kappa shape index (κ1) is 19.6. The molecular formula is C15H17N3O7. The second kappa shape index (κ2) is 9.01. The first-order chi connectivity index (χ1) is 11.8. The van der Waals surface area contributed by atoms with Crippen LogP contribution < -0.4 is 10.1 Å². The Morgan fingerprint density at radius 3 is 2.64 bits per heavy atom. The first-order valence-corrected chi connectivity index (χ1v) is 7.04. The summed E-state index contributed by atoms with van der Waals surface area (Å²) in [5.41, 5.74) is -0.476. The number of imide groups is 1. The summed E-state index contributed by atoms with van der Waals surface area (Å²) in [6.07, 6.45) is -0.0153. The topological polar surface area (TPSA) is 140 Å². The molecular weight excluding hydrogens is 334 g/mol. The summed E-state index contributed by atoms with van der Waals surface area (Å²) in [5, 5.41) is 22.4. The number of methoxy groups -OCH3 is 1. The number of benzene rings is 1. The number of nitrogens with zero attached hydrogens (tertiary/aromatic N) is 2.